The third-order valence-corrected chi connectivity index (χ3v) is 3.68. The largest absolute Gasteiger partial charge is 0.341 e. The molecule has 4 nitrogen and oxygen atoms in total. The van der Waals surface area contributed by atoms with Crippen molar-refractivity contribution in [3.8, 4) is 0 Å². The zero-order valence-corrected chi connectivity index (χ0v) is 11.8. The van der Waals surface area contributed by atoms with Gasteiger partial charge in [0.05, 0.1) is 5.69 Å². The van der Waals surface area contributed by atoms with E-state index < -0.39 is 11.3 Å². The molecule has 0 saturated carbocycles. The molecule has 0 atom stereocenters. The van der Waals surface area contributed by atoms with Crippen molar-refractivity contribution in [1.29, 1.82) is 0 Å². The third kappa shape index (κ3) is 2.92. The number of thioether (sulfide) groups is 1. The highest BCUT2D eigenvalue weighted by Crippen LogP contribution is 2.35. The van der Waals surface area contributed by atoms with E-state index in [9.17, 15) is 18.4 Å². The van der Waals surface area contributed by atoms with E-state index in [0.29, 0.717) is 17.4 Å². The number of benzene rings is 1. The van der Waals surface area contributed by atoms with E-state index in [0.717, 1.165) is 0 Å². The minimum atomic E-state index is -2.59. The topological polar surface area (TPSA) is 49.4 Å². The van der Waals surface area contributed by atoms with Crippen molar-refractivity contribution in [2.75, 3.05) is 11.4 Å². The number of halogens is 2. The van der Waals surface area contributed by atoms with E-state index in [1.54, 1.807) is 32.0 Å². The van der Waals surface area contributed by atoms with Gasteiger partial charge in [-0.05, 0) is 26.0 Å². The molecule has 0 unspecified atom stereocenters. The van der Waals surface area contributed by atoms with Gasteiger partial charge >= 0.3 is 0 Å². The number of carbonyl (C=O) groups is 2. The standard InChI is InChI=1S/C13H14F2N2O2S/c1-13(2)11(19)17(7-10(18)16-13)8-5-3-4-6-9(8)20-12(14)15/h3-6,12H,7H2,1-2H3,(H,16,18). The smallest absolute Gasteiger partial charge is 0.288 e. The maximum Gasteiger partial charge on any atom is 0.288 e. The summed E-state index contributed by atoms with van der Waals surface area (Å²) in [6, 6.07) is 6.35. The van der Waals surface area contributed by atoms with Gasteiger partial charge in [-0.3, -0.25) is 14.5 Å². The van der Waals surface area contributed by atoms with E-state index in [4.69, 9.17) is 0 Å². The molecule has 1 aliphatic rings. The number of para-hydroxylation sites is 1. The fourth-order valence-corrected chi connectivity index (χ4v) is 2.71. The number of anilines is 1. The van der Waals surface area contributed by atoms with E-state index in [1.807, 2.05) is 0 Å². The van der Waals surface area contributed by atoms with Gasteiger partial charge < -0.3 is 5.32 Å². The molecule has 20 heavy (non-hydrogen) atoms. The van der Waals surface area contributed by atoms with Crippen LogP contribution >= 0.6 is 11.8 Å². The molecule has 1 saturated heterocycles. The second kappa shape index (κ2) is 5.40. The Kier molecular flexibility index (Phi) is 3.99. The van der Waals surface area contributed by atoms with E-state index in [-0.39, 0.29) is 23.3 Å². The number of hydrogen-bond donors (Lipinski definition) is 1. The molecule has 2 rings (SSSR count). The highest BCUT2D eigenvalue weighted by Gasteiger charge is 2.40. The Labute approximate surface area is 119 Å². The number of carbonyl (C=O) groups excluding carboxylic acids is 2. The zero-order valence-electron chi connectivity index (χ0n) is 11.0. The number of alkyl halides is 2. The monoisotopic (exact) mass is 300 g/mol. The molecule has 1 aromatic rings. The van der Waals surface area contributed by atoms with Crippen LogP contribution in [0.4, 0.5) is 14.5 Å². The second-order valence-corrected chi connectivity index (χ2v) is 5.94. The van der Waals surface area contributed by atoms with Crippen LogP contribution in [0.3, 0.4) is 0 Å². The molecule has 1 N–H and O–H groups in total. The average Bonchev–Trinajstić information content (AvgIpc) is 2.33. The molecular formula is C13H14F2N2O2S. The third-order valence-electron chi connectivity index (χ3n) is 2.91. The van der Waals surface area contributed by atoms with Crippen LogP contribution in [-0.2, 0) is 9.59 Å². The molecule has 0 aromatic heterocycles. The SMILES string of the molecule is CC1(C)NC(=O)CN(c2ccccc2SC(F)F)C1=O. The van der Waals surface area contributed by atoms with Gasteiger partial charge in [-0.25, -0.2) is 0 Å². The fourth-order valence-electron chi connectivity index (χ4n) is 2.06. The van der Waals surface area contributed by atoms with Gasteiger partial charge in [0.2, 0.25) is 5.91 Å². The summed E-state index contributed by atoms with van der Waals surface area (Å²) >= 11 is 0.363. The van der Waals surface area contributed by atoms with Gasteiger partial charge in [0.1, 0.15) is 12.1 Å². The molecular weight excluding hydrogens is 286 g/mol. The summed E-state index contributed by atoms with van der Waals surface area (Å²) in [6.45, 7) is 3.01. The first-order valence-corrected chi connectivity index (χ1v) is 6.86. The Bertz CT molecular complexity index is 549. The van der Waals surface area contributed by atoms with Crippen LogP contribution in [0.5, 0.6) is 0 Å². The first-order chi connectivity index (χ1) is 9.31. The normalized spacial score (nSPS) is 18.4. The predicted octanol–water partition coefficient (Wildman–Crippen LogP) is 2.24. The number of rotatable bonds is 3. The zero-order chi connectivity index (χ0) is 14.9. The molecule has 0 aliphatic carbocycles. The van der Waals surface area contributed by atoms with Gasteiger partial charge in [-0.2, -0.15) is 8.78 Å². The van der Waals surface area contributed by atoms with Gasteiger partial charge in [-0.1, -0.05) is 23.9 Å². The summed E-state index contributed by atoms with van der Waals surface area (Å²) in [5.41, 5.74) is -0.705. The lowest BCUT2D eigenvalue weighted by atomic mass is 10.00. The molecule has 0 spiro atoms. The van der Waals surface area contributed by atoms with Gasteiger partial charge in [-0.15, -0.1) is 0 Å². The lowest BCUT2D eigenvalue weighted by Gasteiger charge is -2.38. The Morgan fingerprint density at radius 1 is 1.30 bits per heavy atom. The molecule has 1 aromatic carbocycles. The van der Waals surface area contributed by atoms with Crippen LogP contribution in [0.15, 0.2) is 29.2 Å². The van der Waals surface area contributed by atoms with Crippen molar-refractivity contribution >= 4 is 29.3 Å². The Morgan fingerprint density at radius 3 is 2.60 bits per heavy atom. The second-order valence-electron chi connectivity index (χ2n) is 4.91. The quantitative estimate of drug-likeness (QED) is 0.871. The van der Waals surface area contributed by atoms with Crippen molar-refractivity contribution in [1.82, 2.24) is 5.32 Å². The summed E-state index contributed by atoms with van der Waals surface area (Å²) in [7, 11) is 0. The summed E-state index contributed by atoms with van der Waals surface area (Å²) in [4.78, 5) is 25.6. The van der Waals surface area contributed by atoms with Crippen LogP contribution in [-0.4, -0.2) is 29.7 Å². The molecule has 2 amide bonds. The molecule has 0 bridgehead atoms. The number of nitrogens with zero attached hydrogens (tertiary/aromatic N) is 1. The minimum Gasteiger partial charge on any atom is -0.341 e. The fraction of sp³-hybridized carbons (Fsp3) is 0.385. The van der Waals surface area contributed by atoms with Crippen LogP contribution in [0.25, 0.3) is 0 Å². The first kappa shape index (κ1) is 14.8. The lowest BCUT2D eigenvalue weighted by Crippen LogP contribution is -2.64. The highest BCUT2D eigenvalue weighted by molar-refractivity contribution is 7.99. The summed E-state index contributed by atoms with van der Waals surface area (Å²) in [5, 5.41) is 2.58. The van der Waals surface area contributed by atoms with Crippen LogP contribution in [0.1, 0.15) is 13.8 Å². The molecule has 1 fully saturated rings. The molecule has 0 radical (unpaired) electrons. The molecule has 7 heteroatoms. The summed E-state index contributed by atoms with van der Waals surface area (Å²) in [5.74, 6) is -3.22. The van der Waals surface area contributed by atoms with Crippen molar-refractivity contribution in [3.63, 3.8) is 0 Å². The maximum absolute atomic E-state index is 12.6. The van der Waals surface area contributed by atoms with Crippen molar-refractivity contribution in [3.05, 3.63) is 24.3 Å². The number of hydrogen-bond acceptors (Lipinski definition) is 3. The predicted molar refractivity (Wildman–Crippen MR) is 72.9 cm³/mol. The van der Waals surface area contributed by atoms with Gasteiger partial charge in [0.15, 0.2) is 0 Å². The van der Waals surface area contributed by atoms with Crippen LogP contribution in [0, 0.1) is 0 Å². The van der Waals surface area contributed by atoms with Crippen molar-refractivity contribution in [2.45, 2.75) is 30.0 Å². The Hall–Kier alpha value is -1.63. The van der Waals surface area contributed by atoms with Gasteiger partial charge in [0.25, 0.3) is 11.7 Å². The minimum absolute atomic E-state index is 0.164. The van der Waals surface area contributed by atoms with Crippen LogP contribution < -0.4 is 10.2 Å². The highest BCUT2D eigenvalue weighted by atomic mass is 32.2. The van der Waals surface area contributed by atoms with Gasteiger partial charge in [0, 0.05) is 4.90 Å². The molecule has 108 valence electrons. The number of piperazine rings is 1. The average molecular weight is 300 g/mol. The number of amides is 2. The van der Waals surface area contributed by atoms with E-state index in [2.05, 4.69) is 5.32 Å². The number of nitrogens with one attached hydrogen (secondary N) is 1. The van der Waals surface area contributed by atoms with Crippen molar-refractivity contribution < 1.29 is 18.4 Å². The lowest BCUT2D eigenvalue weighted by molar-refractivity contribution is -0.134. The Balaban J connectivity index is 2.40. The summed E-state index contributed by atoms with van der Waals surface area (Å²) < 4.78 is 25.1. The Morgan fingerprint density at radius 2 is 1.95 bits per heavy atom. The van der Waals surface area contributed by atoms with Crippen molar-refractivity contribution in [2.24, 2.45) is 0 Å². The van der Waals surface area contributed by atoms with Crippen LogP contribution in [0.2, 0.25) is 0 Å². The first-order valence-electron chi connectivity index (χ1n) is 5.98. The molecule has 1 aliphatic heterocycles. The molecule has 1 heterocycles. The summed E-state index contributed by atoms with van der Waals surface area (Å²) in [6.07, 6.45) is 0. The van der Waals surface area contributed by atoms with E-state index >= 15 is 0 Å². The maximum atomic E-state index is 12.6. The van der Waals surface area contributed by atoms with E-state index in [1.165, 1.54) is 11.0 Å².